The van der Waals surface area contributed by atoms with Crippen LogP contribution in [0, 0.1) is 0 Å². The van der Waals surface area contributed by atoms with Crippen molar-refractivity contribution in [3.05, 3.63) is 29.8 Å². The van der Waals surface area contributed by atoms with Crippen molar-refractivity contribution in [2.75, 3.05) is 0 Å². The molecule has 0 aromatic heterocycles. The van der Waals surface area contributed by atoms with Crippen LogP contribution in [0.3, 0.4) is 0 Å². The van der Waals surface area contributed by atoms with Gasteiger partial charge in [0.15, 0.2) is 0 Å². The molecule has 2 fully saturated rings. The summed E-state index contributed by atoms with van der Waals surface area (Å²) in [5.74, 6) is -1.94. The Morgan fingerprint density at radius 1 is 1.32 bits per heavy atom. The van der Waals surface area contributed by atoms with Gasteiger partial charge in [0, 0.05) is 4.75 Å². The highest BCUT2D eigenvalue weighted by molar-refractivity contribution is 8.01. The summed E-state index contributed by atoms with van der Waals surface area (Å²) in [6.45, 7) is 3.53. The lowest BCUT2D eigenvalue weighted by atomic mass is 9.95. The number of thioether (sulfide) groups is 1. The zero-order chi connectivity index (χ0) is 18.5. The van der Waals surface area contributed by atoms with Crippen molar-refractivity contribution in [2.45, 2.75) is 42.1 Å². The van der Waals surface area contributed by atoms with E-state index in [0.29, 0.717) is 5.56 Å². The van der Waals surface area contributed by atoms with Crippen LogP contribution >= 0.6 is 11.8 Å². The first-order chi connectivity index (χ1) is 11.6. The lowest BCUT2D eigenvalue weighted by molar-refractivity contribution is -0.161. The Labute approximate surface area is 148 Å². The Bertz CT molecular complexity index is 736. The molecule has 2 aliphatic heterocycles. The van der Waals surface area contributed by atoms with Crippen LogP contribution in [-0.2, 0) is 14.4 Å². The van der Waals surface area contributed by atoms with Crippen LogP contribution in [0.25, 0.3) is 0 Å². The van der Waals surface area contributed by atoms with Crippen LogP contribution in [-0.4, -0.2) is 55.1 Å². The van der Waals surface area contributed by atoms with Gasteiger partial charge >= 0.3 is 5.97 Å². The van der Waals surface area contributed by atoms with Gasteiger partial charge in [-0.25, -0.2) is 4.79 Å². The molecular formula is C16H19N3O5S. The van der Waals surface area contributed by atoms with Crippen molar-refractivity contribution in [3.63, 3.8) is 0 Å². The largest absolute Gasteiger partial charge is 0.508 e. The molecule has 1 aromatic carbocycles. The fourth-order valence-corrected chi connectivity index (χ4v) is 4.85. The number of carboxylic acid groups (broad SMARTS) is 1. The molecule has 1 unspecified atom stereocenters. The van der Waals surface area contributed by atoms with Crippen LogP contribution in [0.5, 0.6) is 5.75 Å². The number of carbonyl (C=O) groups excluding carboxylic acids is 2. The Balaban J connectivity index is 1.70. The molecule has 4 atom stereocenters. The number of fused-ring (bicyclic) bond motifs is 1. The number of hydrogen-bond acceptors (Lipinski definition) is 6. The third-order valence-electron chi connectivity index (χ3n) is 4.51. The van der Waals surface area contributed by atoms with Crippen molar-refractivity contribution < 1.29 is 24.6 Å². The van der Waals surface area contributed by atoms with Gasteiger partial charge in [-0.15, -0.1) is 11.8 Å². The molecular weight excluding hydrogens is 346 g/mol. The number of phenols is 1. The molecule has 8 nitrogen and oxygen atoms in total. The summed E-state index contributed by atoms with van der Waals surface area (Å²) in [6, 6.07) is 3.21. The molecule has 9 heteroatoms. The number of nitrogens with one attached hydrogen (secondary N) is 1. The average molecular weight is 365 g/mol. The molecule has 0 aliphatic carbocycles. The van der Waals surface area contributed by atoms with Gasteiger partial charge in [0.2, 0.25) is 11.8 Å². The number of phenolic OH excluding ortho intramolecular Hbond substituents is 1. The minimum absolute atomic E-state index is 0.0606. The number of carbonyl (C=O) groups is 3. The van der Waals surface area contributed by atoms with Crippen molar-refractivity contribution >= 4 is 29.5 Å². The van der Waals surface area contributed by atoms with Crippen molar-refractivity contribution in [2.24, 2.45) is 5.73 Å². The van der Waals surface area contributed by atoms with Gasteiger partial charge in [-0.3, -0.25) is 9.59 Å². The number of β-lactam (4-membered cyclic amide) rings is 1. The maximum atomic E-state index is 12.3. The van der Waals surface area contributed by atoms with E-state index in [1.54, 1.807) is 13.8 Å². The number of hydrogen-bond donors (Lipinski definition) is 4. The van der Waals surface area contributed by atoms with Crippen LogP contribution in [0.2, 0.25) is 0 Å². The predicted octanol–water partition coefficient (Wildman–Crippen LogP) is 0.0237. The highest BCUT2D eigenvalue weighted by Crippen LogP contribution is 2.50. The Kier molecular flexibility index (Phi) is 4.16. The molecule has 2 aliphatic rings. The summed E-state index contributed by atoms with van der Waals surface area (Å²) in [7, 11) is 0. The number of nitrogens with zero attached hydrogens (tertiary/aromatic N) is 1. The molecule has 134 valence electrons. The van der Waals surface area contributed by atoms with Gasteiger partial charge in [0.05, 0.1) is 0 Å². The first-order valence-electron chi connectivity index (χ1n) is 7.71. The Morgan fingerprint density at radius 2 is 1.92 bits per heavy atom. The summed E-state index contributed by atoms with van der Waals surface area (Å²) >= 11 is 1.35. The molecule has 2 amide bonds. The topological polar surface area (TPSA) is 133 Å². The third-order valence-corrected chi connectivity index (χ3v) is 6.08. The van der Waals surface area contributed by atoms with Crippen molar-refractivity contribution in [3.8, 4) is 5.75 Å². The zero-order valence-electron chi connectivity index (χ0n) is 13.7. The first-order valence-corrected chi connectivity index (χ1v) is 8.59. The number of aliphatic carboxylic acids is 1. The van der Waals surface area contributed by atoms with E-state index < -0.39 is 46.0 Å². The molecule has 0 spiro atoms. The summed E-state index contributed by atoms with van der Waals surface area (Å²) in [5, 5.41) is 20.9. The maximum absolute atomic E-state index is 12.3. The number of carboxylic acids is 1. The van der Waals surface area contributed by atoms with Gasteiger partial charge < -0.3 is 26.2 Å². The fourth-order valence-electron chi connectivity index (χ4n) is 3.22. The van der Waals surface area contributed by atoms with Gasteiger partial charge in [-0.1, -0.05) is 12.1 Å². The lowest BCUT2D eigenvalue weighted by Gasteiger charge is -2.43. The van der Waals surface area contributed by atoms with Crippen molar-refractivity contribution in [1.82, 2.24) is 10.2 Å². The molecule has 3 rings (SSSR count). The Morgan fingerprint density at radius 3 is 2.48 bits per heavy atom. The lowest BCUT2D eigenvalue weighted by Crippen LogP contribution is -2.71. The SMILES string of the molecule is CC1(C)SC2[C@@H](NC(=O)[C@@H](N)c3ccc(O)cc3)C(=O)N2[C@@H]1C(=O)O. The van der Waals surface area contributed by atoms with Gasteiger partial charge in [0.1, 0.15) is 29.2 Å². The van der Waals surface area contributed by atoms with E-state index in [-0.39, 0.29) is 5.75 Å². The van der Waals surface area contributed by atoms with E-state index in [9.17, 15) is 24.6 Å². The molecule has 0 radical (unpaired) electrons. The summed E-state index contributed by atoms with van der Waals surface area (Å²) in [5.41, 5.74) is 6.41. The number of rotatable bonds is 4. The molecule has 5 N–H and O–H groups in total. The summed E-state index contributed by atoms with van der Waals surface area (Å²) in [4.78, 5) is 37.5. The van der Waals surface area contributed by atoms with Crippen LogP contribution in [0.4, 0.5) is 0 Å². The first kappa shape index (κ1) is 17.6. The van der Waals surface area contributed by atoms with E-state index >= 15 is 0 Å². The molecule has 2 heterocycles. The van der Waals surface area contributed by atoms with Crippen molar-refractivity contribution in [1.29, 1.82) is 0 Å². The van der Waals surface area contributed by atoms with Gasteiger partial charge in [0.25, 0.3) is 0 Å². The summed E-state index contributed by atoms with van der Waals surface area (Å²) < 4.78 is -0.648. The smallest absolute Gasteiger partial charge is 0.327 e. The second kappa shape index (κ2) is 5.92. The highest BCUT2D eigenvalue weighted by atomic mass is 32.2. The van der Waals surface area contributed by atoms with Gasteiger partial charge in [-0.2, -0.15) is 0 Å². The van der Waals surface area contributed by atoms with E-state index in [4.69, 9.17) is 5.73 Å². The second-order valence-corrected chi connectivity index (χ2v) is 8.42. The fraction of sp³-hybridized carbons (Fsp3) is 0.438. The molecule has 0 saturated carbocycles. The monoisotopic (exact) mass is 365 g/mol. The van der Waals surface area contributed by atoms with Gasteiger partial charge in [-0.05, 0) is 31.5 Å². The van der Waals surface area contributed by atoms with E-state index in [2.05, 4.69) is 5.32 Å². The quantitative estimate of drug-likeness (QED) is 0.553. The normalized spacial score (nSPS) is 28.0. The predicted molar refractivity (Wildman–Crippen MR) is 90.7 cm³/mol. The van der Waals surface area contributed by atoms with Crippen LogP contribution < -0.4 is 11.1 Å². The van der Waals surface area contributed by atoms with E-state index in [1.165, 1.54) is 40.9 Å². The zero-order valence-corrected chi connectivity index (χ0v) is 14.5. The van der Waals surface area contributed by atoms with E-state index in [0.717, 1.165) is 0 Å². The number of nitrogens with two attached hydrogens (primary N) is 1. The number of benzene rings is 1. The minimum atomic E-state index is -1.06. The molecule has 1 aromatic rings. The third kappa shape index (κ3) is 2.83. The highest BCUT2D eigenvalue weighted by Gasteiger charge is 2.64. The van der Waals surface area contributed by atoms with E-state index in [1.807, 2.05) is 0 Å². The standard InChI is InChI=1S/C16H19N3O5S/c1-16(2)11(15(23)24)19-13(22)10(14(19)25-16)18-12(21)9(17)7-3-5-8(20)6-4-7/h3-6,9-11,14,20H,17H2,1-2H3,(H,18,21)(H,23,24)/t9-,10-,11+,14?/m0/s1. The van der Waals surface area contributed by atoms with Crippen LogP contribution in [0.15, 0.2) is 24.3 Å². The number of amides is 2. The molecule has 2 saturated heterocycles. The Hall–Kier alpha value is -2.26. The average Bonchev–Trinajstić information content (AvgIpc) is 2.80. The van der Waals surface area contributed by atoms with Crippen LogP contribution in [0.1, 0.15) is 25.5 Å². The summed E-state index contributed by atoms with van der Waals surface area (Å²) in [6.07, 6.45) is 0. The molecule has 0 bridgehead atoms. The second-order valence-electron chi connectivity index (χ2n) is 6.65. The molecule has 25 heavy (non-hydrogen) atoms. The minimum Gasteiger partial charge on any atom is -0.508 e. The number of aromatic hydroxyl groups is 1. The maximum Gasteiger partial charge on any atom is 0.327 e.